The van der Waals surface area contributed by atoms with Crippen molar-refractivity contribution in [3.63, 3.8) is 0 Å². The molecule has 0 bridgehead atoms. The minimum Gasteiger partial charge on any atom is -0.478 e. The van der Waals surface area contributed by atoms with Gasteiger partial charge in [0, 0.05) is 30.9 Å². The molecule has 1 N–H and O–H groups in total. The predicted octanol–water partition coefficient (Wildman–Crippen LogP) is 2.80. The van der Waals surface area contributed by atoms with Crippen molar-refractivity contribution < 1.29 is 29.0 Å². The molecule has 2 aliphatic rings. The van der Waals surface area contributed by atoms with Gasteiger partial charge in [-0.2, -0.15) is 0 Å². The van der Waals surface area contributed by atoms with Crippen molar-refractivity contribution in [2.75, 3.05) is 37.7 Å². The quantitative estimate of drug-likeness (QED) is 0.774. The normalized spacial score (nSPS) is 19.1. The van der Waals surface area contributed by atoms with Crippen molar-refractivity contribution in [1.29, 1.82) is 0 Å². The maximum absolute atomic E-state index is 12.4. The number of carboxylic acid groups (broad SMARTS) is 1. The predicted molar refractivity (Wildman–Crippen MR) is 107 cm³/mol. The Bertz CT molecular complexity index is 793. The van der Waals surface area contributed by atoms with Gasteiger partial charge in [-0.05, 0) is 51.8 Å². The summed E-state index contributed by atoms with van der Waals surface area (Å²) in [5.41, 5.74) is 0.0395. The van der Waals surface area contributed by atoms with Gasteiger partial charge in [-0.3, -0.25) is 4.79 Å². The number of nitrogens with zero attached hydrogens (tertiary/aromatic N) is 2. The van der Waals surface area contributed by atoms with Crippen LogP contribution < -0.4 is 4.90 Å². The van der Waals surface area contributed by atoms with Gasteiger partial charge < -0.3 is 24.4 Å². The lowest BCUT2D eigenvalue weighted by Crippen LogP contribution is -2.58. The van der Waals surface area contributed by atoms with Crippen molar-refractivity contribution in [1.82, 2.24) is 4.90 Å². The Morgan fingerprint density at radius 3 is 2.48 bits per heavy atom. The van der Waals surface area contributed by atoms with Crippen LogP contribution in [0.1, 0.15) is 54.3 Å². The largest absolute Gasteiger partial charge is 0.478 e. The Balaban J connectivity index is 1.66. The summed E-state index contributed by atoms with van der Waals surface area (Å²) in [5, 5.41) is 9.17. The number of amides is 1. The summed E-state index contributed by atoms with van der Waals surface area (Å²) in [4.78, 5) is 38.7. The van der Waals surface area contributed by atoms with Crippen molar-refractivity contribution in [3.05, 3.63) is 29.3 Å². The number of piperidine rings is 1. The molecule has 2 heterocycles. The Morgan fingerprint density at radius 1 is 1.21 bits per heavy atom. The molecule has 0 unspecified atom stereocenters. The standard InChI is InChI=1S/C21H28N2O6/c1-20(2,3)29-19(27)23-10-11-28-21(14-23)6-8-22(9-7-21)16-4-5-17(18(25)26)15(12-16)13-24/h4-5,12-13H,6-11,14H2,1-3H3,(H,25,26). The number of ether oxygens (including phenoxy) is 2. The zero-order valence-electron chi connectivity index (χ0n) is 17.1. The molecule has 0 saturated carbocycles. The van der Waals surface area contributed by atoms with Gasteiger partial charge >= 0.3 is 12.1 Å². The van der Waals surface area contributed by atoms with Crippen LogP contribution in [0.15, 0.2) is 18.2 Å². The number of morpholine rings is 1. The van der Waals surface area contributed by atoms with Gasteiger partial charge in [0.25, 0.3) is 0 Å². The molecule has 8 nitrogen and oxygen atoms in total. The van der Waals surface area contributed by atoms with Gasteiger partial charge in [0.15, 0.2) is 6.29 Å². The van der Waals surface area contributed by atoms with Gasteiger partial charge in [-0.15, -0.1) is 0 Å². The molecule has 2 fully saturated rings. The minimum absolute atomic E-state index is 0.000783. The average molecular weight is 404 g/mol. The second-order valence-electron chi connectivity index (χ2n) is 8.61. The summed E-state index contributed by atoms with van der Waals surface area (Å²) in [5.74, 6) is -1.12. The van der Waals surface area contributed by atoms with E-state index in [4.69, 9.17) is 9.47 Å². The van der Waals surface area contributed by atoms with E-state index in [9.17, 15) is 19.5 Å². The van der Waals surface area contributed by atoms with Crippen LogP contribution >= 0.6 is 0 Å². The number of carbonyl (C=O) groups is 3. The molecule has 1 aromatic rings. The van der Waals surface area contributed by atoms with Gasteiger partial charge in [0.2, 0.25) is 0 Å². The highest BCUT2D eigenvalue weighted by Crippen LogP contribution is 2.33. The summed E-state index contributed by atoms with van der Waals surface area (Å²) in [7, 11) is 0. The molecule has 0 aromatic heterocycles. The third-order valence-electron chi connectivity index (χ3n) is 5.33. The van der Waals surface area contributed by atoms with Crippen LogP contribution in [0.25, 0.3) is 0 Å². The van der Waals surface area contributed by atoms with Crippen molar-refractivity contribution in [2.24, 2.45) is 0 Å². The number of anilines is 1. The molecule has 1 amide bonds. The van der Waals surface area contributed by atoms with Crippen LogP contribution in [-0.2, 0) is 9.47 Å². The molecule has 0 radical (unpaired) electrons. The lowest BCUT2D eigenvalue weighted by molar-refractivity contribution is -0.119. The Kier molecular flexibility index (Phi) is 5.84. The average Bonchev–Trinajstić information content (AvgIpc) is 2.67. The number of hydrogen-bond donors (Lipinski definition) is 1. The number of benzene rings is 1. The molecular formula is C21H28N2O6. The SMILES string of the molecule is CC(C)(C)OC(=O)N1CCOC2(CCN(c3ccc(C(=O)O)c(C=O)c3)CC2)C1. The molecule has 0 aliphatic carbocycles. The number of rotatable bonds is 3. The van der Waals surface area contributed by atoms with Gasteiger partial charge in [-0.1, -0.05) is 0 Å². The molecule has 2 aliphatic heterocycles. The summed E-state index contributed by atoms with van der Waals surface area (Å²) < 4.78 is 11.6. The second kappa shape index (κ2) is 8.02. The van der Waals surface area contributed by atoms with E-state index in [-0.39, 0.29) is 17.2 Å². The van der Waals surface area contributed by atoms with E-state index in [0.29, 0.717) is 39.1 Å². The Morgan fingerprint density at radius 2 is 1.90 bits per heavy atom. The lowest BCUT2D eigenvalue weighted by atomic mass is 9.89. The first-order chi connectivity index (χ1) is 13.6. The summed E-state index contributed by atoms with van der Waals surface area (Å²) in [6.07, 6.45) is 1.70. The van der Waals surface area contributed by atoms with E-state index >= 15 is 0 Å². The Hall–Kier alpha value is -2.61. The lowest BCUT2D eigenvalue weighted by Gasteiger charge is -2.47. The minimum atomic E-state index is -1.12. The highest BCUT2D eigenvalue weighted by molar-refractivity contribution is 5.98. The smallest absolute Gasteiger partial charge is 0.410 e. The van der Waals surface area contributed by atoms with Crippen LogP contribution in [-0.4, -0.2) is 72.3 Å². The number of carboxylic acids is 1. The van der Waals surface area contributed by atoms with Crippen LogP contribution in [0.5, 0.6) is 0 Å². The fourth-order valence-corrected chi connectivity index (χ4v) is 3.84. The number of hydrogen-bond acceptors (Lipinski definition) is 6. The van der Waals surface area contributed by atoms with E-state index in [0.717, 1.165) is 18.5 Å². The first kappa shape index (κ1) is 21.1. The monoisotopic (exact) mass is 404 g/mol. The number of aromatic carboxylic acids is 1. The molecular weight excluding hydrogens is 376 g/mol. The van der Waals surface area contributed by atoms with Crippen molar-refractivity contribution in [3.8, 4) is 0 Å². The summed E-state index contributed by atoms with van der Waals surface area (Å²) in [6.45, 7) is 8.41. The maximum Gasteiger partial charge on any atom is 0.410 e. The third-order valence-corrected chi connectivity index (χ3v) is 5.33. The molecule has 158 valence electrons. The molecule has 1 spiro atoms. The highest BCUT2D eigenvalue weighted by Gasteiger charge is 2.42. The maximum atomic E-state index is 12.4. The fourth-order valence-electron chi connectivity index (χ4n) is 3.84. The van der Waals surface area contributed by atoms with Crippen LogP contribution in [0.4, 0.5) is 10.5 Å². The van der Waals surface area contributed by atoms with Gasteiger partial charge in [0.1, 0.15) is 5.60 Å². The topological polar surface area (TPSA) is 96.4 Å². The first-order valence-electron chi connectivity index (χ1n) is 9.82. The second-order valence-corrected chi connectivity index (χ2v) is 8.61. The fraction of sp³-hybridized carbons (Fsp3) is 0.571. The van der Waals surface area contributed by atoms with E-state index in [1.54, 1.807) is 17.0 Å². The summed E-state index contributed by atoms with van der Waals surface area (Å²) in [6, 6.07) is 4.81. The van der Waals surface area contributed by atoms with Gasteiger partial charge in [-0.25, -0.2) is 9.59 Å². The molecule has 3 rings (SSSR count). The van der Waals surface area contributed by atoms with Crippen LogP contribution in [0.3, 0.4) is 0 Å². The third kappa shape index (κ3) is 4.87. The molecule has 8 heteroatoms. The van der Waals surface area contributed by atoms with Crippen molar-refractivity contribution >= 4 is 24.0 Å². The van der Waals surface area contributed by atoms with Crippen molar-refractivity contribution in [2.45, 2.75) is 44.8 Å². The van der Waals surface area contributed by atoms with Crippen LogP contribution in [0, 0.1) is 0 Å². The number of carbonyl (C=O) groups excluding carboxylic acids is 2. The van der Waals surface area contributed by atoms with E-state index < -0.39 is 17.2 Å². The molecule has 1 aromatic carbocycles. The van der Waals surface area contributed by atoms with Crippen LogP contribution in [0.2, 0.25) is 0 Å². The molecule has 2 saturated heterocycles. The van der Waals surface area contributed by atoms with E-state index in [1.165, 1.54) is 6.07 Å². The first-order valence-corrected chi connectivity index (χ1v) is 9.82. The Labute approximate surface area is 170 Å². The number of aldehydes is 1. The molecule has 29 heavy (non-hydrogen) atoms. The van der Waals surface area contributed by atoms with Gasteiger partial charge in [0.05, 0.1) is 24.3 Å². The molecule has 0 atom stereocenters. The van der Waals surface area contributed by atoms with E-state index in [1.807, 2.05) is 20.8 Å². The zero-order valence-corrected chi connectivity index (χ0v) is 17.1. The highest BCUT2D eigenvalue weighted by atomic mass is 16.6. The van der Waals surface area contributed by atoms with E-state index in [2.05, 4.69) is 4.90 Å². The summed E-state index contributed by atoms with van der Waals surface area (Å²) >= 11 is 0. The zero-order chi connectivity index (χ0) is 21.2.